The molecule has 0 amide bonds. The lowest BCUT2D eigenvalue weighted by atomic mass is 9.88. The van der Waals surface area contributed by atoms with E-state index in [1.165, 1.54) is 11.1 Å². The highest BCUT2D eigenvalue weighted by Crippen LogP contribution is 2.35. The molecule has 0 saturated heterocycles. The predicted octanol–water partition coefficient (Wildman–Crippen LogP) is 3.31. The summed E-state index contributed by atoms with van der Waals surface area (Å²) in [5, 5.41) is 4.11. The highest BCUT2D eigenvalue weighted by atomic mass is 35.5. The highest BCUT2D eigenvalue weighted by Gasteiger charge is 2.21. The molecule has 0 saturated carbocycles. The lowest BCUT2D eigenvalue weighted by Gasteiger charge is -2.21. The van der Waals surface area contributed by atoms with Gasteiger partial charge < -0.3 is 10.1 Å². The van der Waals surface area contributed by atoms with Crippen LogP contribution in [0.2, 0.25) is 5.02 Å². The molecule has 0 radical (unpaired) electrons. The van der Waals surface area contributed by atoms with Crippen LogP contribution in [0, 0.1) is 11.8 Å². The molecule has 100 valence electrons. The van der Waals surface area contributed by atoms with Gasteiger partial charge in [0.05, 0.1) is 6.61 Å². The third-order valence-corrected chi connectivity index (χ3v) is 3.93. The summed E-state index contributed by atoms with van der Waals surface area (Å²) in [7, 11) is 2.01. The molecule has 1 unspecified atom stereocenters. The quantitative estimate of drug-likeness (QED) is 0.884. The van der Waals surface area contributed by atoms with Crippen molar-refractivity contribution in [1.29, 1.82) is 0 Å². The van der Waals surface area contributed by atoms with Gasteiger partial charge in [-0.15, -0.1) is 0 Å². The third-order valence-electron chi connectivity index (χ3n) is 3.72. The molecular weight excluding hydrogens is 246 g/mol. The summed E-state index contributed by atoms with van der Waals surface area (Å²) in [6.07, 6.45) is 2.02. The first-order valence-electron chi connectivity index (χ1n) is 6.70. The van der Waals surface area contributed by atoms with Gasteiger partial charge in [-0.2, -0.15) is 0 Å². The van der Waals surface area contributed by atoms with Crippen LogP contribution in [0.15, 0.2) is 12.1 Å². The normalized spacial score (nSPS) is 15.6. The molecule has 1 N–H and O–H groups in total. The van der Waals surface area contributed by atoms with E-state index in [1.54, 1.807) is 0 Å². The van der Waals surface area contributed by atoms with Crippen LogP contribution < -0.4 is 10.1 Å². The molecule has 0 aromatic heterocycles. The molecule has 2 rings (SSSR count). The van der Waals surface area contributed by atoms with Gasteiger partial charge in [0.1, 0.15) is 5.75 Å². The van der Waals surface area contributed by atoms with Gasteiger partial charge in [0.15, 0.2) is 0 Å². The van der Waals surface area contributed by atoms with E-state index in [1.807, 2.05) is 13.1 Å². The van der Waals surface area contributed by atoms with Crippen LogP contribution >= 0.6 is 11.6 Å². The topological polar surface area (TPSA) is 21.3 Å². The van der Waals surface area contributed by atoms with Crippen LogP contribution in [-0.4, -0.2) is 20.2 Å². The summed E-state index contributed by atoms with van der Waals surface area (Å²) in [5.41, 5.74) is 2.54. The van der Waals surface area contributed by atoms with Crippen molar-refractivity contribution in [2.24, 2.45) is 11.8 Å². The average molecular weight is 268 g/mol. The fraction of sp³-hybridized carbons (Fsp3) is 0.600. The Kier molecular flexibility index (Phi) is 4.52. The van der Waals surface area contributed by atoms with Crippen LogP contribution in [0.5, 0.6) is 5.75 Å². The maximum atomic E-state index is 6.20. The van der Waals surface area contributed by atoms with Gasteiger partial charge in [0.2, 0.25) is 0 Å². The SMILES string of the molecule is CNCC(Cc1cc(Cl)cc2c1OCC2)C(C)C. The van der Waals surface area contributed by atoms with Crippen LogP contribution in [0.4, 0.5) is 0 Å². The second kappa shape index (κ2) is 5.94. The zero-order valence-corrected chi connectivity index (χ0v) is 12.2. The maximum absolute atomic E-state index is 6.20. The molecule has 0 fully saturated rings. The van der Waals surface area contributed by atoms with Crippen molar-refractivity contribution in [1.82, 2.24) is 5.32 Å². The standard InChI is InChI=1S/C15H22ClNO/c1-10(2)13(9-17-3)6-12-8-14(16)7-11-4-5-18-15(11)12/h7-8,10,13,17H,4-6,9H2,1-3H3. The minimum absolute atomic E-state index is 0.613. The first-order valence-corrected chi connectivity index (χ1v) is 7.08. The number of benzene rings is 1. The smallest absolute Gasteiger partial charge is 0.125 e. The van der Waals surface area contributed by atoms with Crippen molar-refractivity contribution >= 4 is 11.6 Å². The number of hydrogen-bond acceptors (Lipinski definition) is 2. The summed E-state index contributed by atoms with van der Waals surface area (Å²) in [5.74, 6) is 2.34. The number of fused-ring (bicyclic) bond motifs is 1. The Morgan fingerprint density at radius 2 is 2.17 bits per heavy atom. The first-order chi connectivity index (χ1) is 8.61. The largest absolute Gasteiger partial charge is 0.493 e. The molecule has 1 aromatic rings. The van der Waals surface area contributed by atoms with Gasteiger partial charge in [0, 0.05) is 11.4 Å². The Bertz CT molecular complexity index is 417. The molecule has 2 nitrogen and oxygen atoms in total. The van der Waals surface area contributed by atoms with Gasteiger partial charge in [-0.1, -0.05) is 25.4 Å². The summed E-state index contributed by atoms with van der Waals surface area (Å²) < 4.78 is 5.76. The van der Waals surface area contributed by atoms with E-state index < -0.39 is 0 Å². The van der Waals surface area contributed by atoms with Gasteiger partial charge >= 0.3 is 0 Å². The summed E-state index contributed by atoms with van der Waals surface area (Å²) in [4.78, 5) is 0. The van der Waals surface area contributed by atoms with Gasteiger partial charge in [-0.3, -0.25) is 0 Å². The zero-order chi connectivity index (χ0) is 13.1. The Morgan fingerprint density at radius 1 is 1.39 bits per heavy atom. The van der Waals surface area contributed by atoms with E-state index >= 15 is 0 Å². The Labute approximate surface area is 115 Å². The second-order valence-electron chi connectivity index (χ2n) is 5.42. The number of ether oxygens (including phenoxy) is 1. The maximum Gasteiger partial charge on any atom is 0.125 e. The minimum Gasteiger partial charge on any atom is -0.493 e. The molecule has 1 heterocycles. The molecule has 1 atom stereocenters. The van der Waals surface area contributed by atoms with Gasteiger partial charge in [-0.05, 0) is 55.1 Å². The number of halogens is 1. The fourth-order valence-electron chi connectivity index (χ4n) is 2.59. The molecule has 0 aliphatic carbocycles. The fourth-order valence-corrected chi connectivity index (χ4v) is 2.85. The summed E-state index contributed by atoms with van der Waals surface area (Å²) in [6.45, 7) is 6.36. The van der Waals surface area contributed by atoms with E-state index in [0.717, 1.165) is 36.8 Å². The molecule has 0 bridgehead atoms. The molecule has 1 aliphatic heterocycles. The molecule has 0 spiro atoms. The molecule has 18 heavy (non-hydrogen) atoms. The number of hydrogen-bond donors (Lipinski definition) is 1. The summed E-state index contributed by atoms with van der Waals surface area (Å²) >= 11 is 6.20. The van der Waals surface area contributed by atoms with Crippen LogP contribution in [-0.2, 0) is 12.8 Å². The van der Waals surface area contributed by atoms with Crippen molar-refractivity contribution in [3.63, 3.8) is 0 Å². The van der Waals surface area contributed by atoms with E-state index in [2.05, 4.69) is 25.2 Å². The predicted molar refractivity (Wildman–Crippen MR) is 76.6 cm³/mol. The van der Waals surface area contributed by atoms with Gasteiger partial charge in [-0.25, -0.2) is 0 Å². The van der Waals surface area contributed by atoms with E-state index in [-0.39, 0.29) is 0 Å². The molecule has 1 aliphatic rings. The van der Waals surface area contributed by atoms with Gasteiger partial charge in [0.25, 0.3) is 0 Å². The zero-order valence-electron chi connectivity index (χ0n) is 11.4. The second-order valence-corrected chi connectivity index (χ2v) is 5.85. The lowest BCUT2D eigenvalue weighted by Crippen LogP contribution is -2.25. The van der Waals surface area contributed by atoms with Crippen molar-refractivity contribution in [2.45, 2.75) is 26.7 Å². The summed E-state index contributed by atoms with van der Waals surface area (Å²) in [6, 6.07) is 4.10. The Balaban J connectivity index is 2.22. The number of rotatable bonds is 5. The van der Waals surface area contributed by atoms with E-state index in [9.17, 15) is 0 Å². The van der Waals surface area contributed by atoms with E-state index in [0.29, 0.717) is 11.8 Å². The lowest BCUT2D eigenvalue weighted by molar-refractivity contribution is 0.338. The Morgan fingerprint density at radius 3 is 2.83 bits per heavy atom. The first kappa shape index (κ1) is 13.7. The molecule has 3 heteroatoms. The molecule has 1 aromatic carbocycles. The van der Waals surface area contributed by atoms with Crippen molar-refractivity contribution < 1.29 is 4.74 Å². The van der Waals surface area contributed by atoms with Crippen molar-refractivity contribution in [3.05, 3.63) is 28.3 Å². The van der Waals surface area contributed by atoms with Crippen molar-refractivity contribution in [2.75, 3.05) is 20.2 Å². The van der Waals surface area contributed by atoms with Crippen LogP contribution in [0.25, 0.3) is 0 Å². The minimum atomic E-state index is 0.613. The van der Waals surface area contributed by atoms with Crippen LogP contribution in [0.3, 0.4) is 0 Å². The average Bonchev–Trinajstić information content (AvgIpc) is 2.76. The highest BCUT2D eigenvalue weighted by molar-refractivity contribution is 6.30. The number of nitrogens with one attached hydrogen (secondary N) is 1. The monoisotopic (exact) mass is 267 g/mol. The van der Waals surface area contributed by atoms with E-state index in [4.69, 9.17) is 16.3 Å². The Hall–Kier alpha value is -0.730. The van der Waals surface area contributed by atoms with Crippen LogP contribution in [0.1, 0.15) is 25.0 Å². The third kappa shape index (κ3) is 2.99. The van der Waals surface area contributed by atoms with Crippen molar-refractivity contribution in [3.8, 4) is 5.75 Å². The molecular formula is C15H22ClNO.